The van der Waals surface area contributed by atoms with E-state index in [1.807, 2.05) is 0 Å². The highest BCUT2D eigenvalue weighted by molar-refractivity contribution is 5.90. The van der Waals surface area contributed by atoms with Gasteiger partial charge in [0.15, 0.2) is 0 Å². The quantitative estimate of drug-likeness (QED) is 0.794. The molecule has 2 fully saturated rings. The van der Waals surface area contributed by atoms with Crippen molar-refractivity contribution in [3.63, 3.8) is 0 Å². The molecule has 2 amide bonds. The number of carbonyl (C=O) groups is 3. The van der Waals surface area contributed by atoms with Crippen LogP contribution in [-0.2, 0) is 19.1 Å². The molecular formula is C17H28N2O5. The van der Waals surface area contributed by atoms with Crippen LogP contribution in [0.4, 0.5) is 4.79 Å². The van der Waals surface area contributed by atoms with Crippen LogP contribution in [0.3, 0.4) is 0 Å². The van der Waals surface area contributed by atoms with Gasteiger partial charge >= 0.3 is 12.1 Å². The number of nitrogens with one attached hydrogen (secondary N) is 1. The molecule has 0 radical (unpaired) electrons. The van der Waals surface area contributed by atoms with Crippen LogP contribution in [0.1, 0.15) is 59.3 Å². The van der Waals surface area contributed by atoms with Gasteiger partial charge in [-0.3, -0.25) is 14.5 Å². The fraction of sp³-hybridized carbons (Fsp3) is 0.824. The van der Waals surface area contributed by atoms with Crippen molar-refractivity contribution in [2.24, 2.45) is 0 Å². The third kappa shape index (κ3) is 5.39. The molecule has 0 aromatic heterocycles. The summed E-state index contributed by atoms with van der Waals surface area (Å²) in [6.07, 6.45) is 4.27. The average Bonchev–Trinajstić information content (AvgIpc) is 2.48. The second-order valence-corrected chi connectivity index (χ2v) is 7.43. The Morgan fingerprint density at radius 2 is 1.88 bits per heavy atom. The Morgan fingerprint density at radius 3 is 2.50 bits per heavy atom. The third-order valence-electron chi connectivity index (χ3n) is 4.17. The summed E-state index contributed by atoms with van der Waals surface area (Å²) in [5.74, 6) is -0.773. The van der Waals surface area contributed by atoms with Crippen LogP contribution in [0.5, 0.6) is 0 Å². The Balaban J connectivity index is 1.96. The van der Waals surface area contributed by atoms with Gasteiger partial charge in [-0.1, -0.05) is 6.42 Å². The number of nitrogens with zero attached hydrogens (tertiary/aromatic N) is 1. The van der Waals surface area contributed by atoms with Crippen molar-refractivity contribution < 1.29 is 23.9 Å². The second-order valence-electron chi connectivity index (χ2n) is 7.43. The van der Waals surface area contributed by atoms with Crippen molar-refractivity contribution in [2.45, 2.75) is 77.0 Å². The molecular weight excluding hydrogens is 312 g/mol. The van der Waals surface area contributed by atoms with E-state index < -0.39 is 23.7 Å². The Hall–Kier alpha value is -1.79. The van der Waals surface area contributed by atoms with E-state index in [2.05, 4.69) is 5.32 Å². The van der Waals surface area contributed by atoms with Crippen LogP contribution in [0.2, 0.25) is 0 Å². The summed E-state index contributed by atoms with van der Waals surface area (Å²) in [6.45, 7) is 5.97. The average molecular weight is 340 g/mol. The van der Waals surface area contributed by atoms with Crippen molar-refractivity contribution in [3.05, 3.63) is 0 Å². The van der Waals surface area contributed by atoms with Gasteiger partial charge in [0.1, 0.15) is 17.7 Å². The molecule has 1 saturated carbocycles. The fourth-order valence-corrected chi connectivity index (χ4v) is 3.03. The summed E-state index contributed by atoms with van der Waals surface area (Å²) in [5, 5.41) is 2.69. The lowest BCUT2D eigenvalue weighted by molar-refractivity contribution is -0.154. The summed E-state index contributed by atoms with van der Waals surface area (Å²) >= 11 is 0. The van der Waals surface area contributed by atoms with E-state index in [0.29, 0.717) is 13.1 Å². The Labute approximate surface area is 143 Å². The second kappa shape index (κ2) is 7.85. The molecule has 1 saturated heterocycles. The molecule has 2 rings (SSSR count). The molecule has 0 aromatic rings. The van der Waals surface area contributed by atoms with Gasteiger partial charge < -0.3 is 14.8 Å². The van der Waals surface area contributed by atoms with Crippen LogP contribution in [0.15, 0.2) is 0 Å². The van der Waals surface area contributed by atoms with Gasteiger partial charge in [0, 0.05) is 13.1 Å². The topological polar surface area (TPSA) is 84.9 Å². The van der Waals surface area contributed by atoms with Crippen molar-refractivity contribution in [1.29, 1.82) is 0 Å². The summed E-state index contributed by atoms with van der Waals surface area (Å²) in [4.78, 5) is 38.0. The van der Waals surface area contributed by atoms with Gasteiger partial charge in [-0.05, 0) is 46.5 Å². The predicted octanol–water partition coefficient (Wildman–Crippen LogP) is 1.99. The number of carbonyl (C=O) groups excluding carboxylic acids is 3. The molecule has 0 spiro atoms. The van der Waals surface area contributed by atoms with E-state index in [1.165, 1.54) is 11.3 Å². The minimum Gasteiger partial charge on any atom is -0.462 e. The van der Waals surface area contributed by atoms with Gasteiger partial charge in [-0.2, -0.15) is 0 Å². The number of hydrogen-bond donors (Lipinski definition) is 1. The Bertz CT molecular complexity index is 480. The predicted molar refractivity (Wildman–Crippen MR) is 87.3 cm³/mol. The van der Waals surface area contributed by atoms with E-state index in [-0.39, 0.29) is 18.4 Å². The van der Waals surface area contributed by atoms with Gasteiger partial charge in [0.05, 0.1) is 6.42 Å². The molecule has 1 atom stereocenters. The molecule has 136 valence electrons. The Morgan fingerprint density at radius 1 is 1.21 bits per heavy atom. The Kier molecular flexibility index (Phi) is 6.07. The zero-order chi connectivity index (χ0) is 17.7. The molecule has 7 nitrogen and oxygen atoms in total. The van der Waals surface area contributed by atoms with Gasteiger partial charge in [0.2, 0.25) is 5.91 Å². The number of piperazine rings is 1. The monoisotopic (exact) mass is 340 g/mol. The first-order chi connectivity index (χ1) is 11.3. The summed E-state index contributed by atoms with van der Waals surface area (Å²) in [6, 6.07) is -0.871. The fourth-order valence-electron chi connectivity index (χ4n) is 3.03. The van der Waals surface area contributed by atoms with Crippen LogP contribution < -0.4 is 5.32 Å². The third-order valence-corrected chi connectivity index (χ3v) is 4.17. The van der Waals surface area contributed by atoms with Crippen molar-refractivity contribution in [3.8, 4) is 0 Å². The van der Waals surface area contributed by atoms with Gasteiger partial charge in [-0.25, -0.2) is 4.79 Å². The molecule has 0 aromatic carbocycles. The maximum Gasteiger partial charge on any atom is 0.411 e. The SMILES string of the molecule is CC(C)(C)OC(=O)N1CCNC(=O)C1CC(=O)OC1CCCCC1. The number of rotatable bonds is 3. The zero-order valence-corrected chi connectivity index (χ0v) is 14.8. The molecule has 1 N–H and O–H groups in total. The lowest BCUT2D eigenvalue weighted by Gasteiger charge is -2.35. The van der Waals surface area contributed by atoms with Crippen molar-refractivity contribution in [2.75, 3.05) is 13.1 Å². The van der Waals surface area contributed by atoms with Crippen LogP contribution in [0.25, 0.3) is 0 Å². The highest BCUT2D eigenvalue weighted by Gasteiger charge is 2.37. The maximum atomic E-state index is 12.3. The maximum absolute atomic E-state index is 12.3. The molecule has 1 heterocycles. The largest absolute Gasteiger partial charge is 0.462 e. The number of amides is 2. The number of hydrogen-bond acceptors (Lipinski definition) is 5. The minimum atomic E-state index is -0.871. The van der Waals surface area contributed by atoms with E-state index in [9.17, 15) is 14.4 Å². The highest BCUT2D eigenvalue weighted by atomic mass is 16.6. The first-order valence-corrected chi connectivity index (χ1v) is 8.73. The van der Waals surface area contributed by atoms with E-state index in [0.717, 1.165) is 25.7 Å². The first kappa shape index (κ1) is 18.5. The van der Waals surface area contributed by atoms with Gasteiger partial charge in [-0.15, -0.1) is 0 Å². The molecule has 1 aliphatic carbocycles. The van der Waals surface area contributed by atoms with Crippen LogP contribution in [-0.4, -0.2) is 53.7 Å². The van der Waals surface area contributed by atoms with Crippen LogP contribution >= 0.6 is 0 Å². The minimum absolute atomic E-state index is 0.0621. The molecule has 7 heteroatoms. The standard InChI is InChI=1S/C17H28N2O5/c1-17(2,3)24-16(22)19-10-9-18-15(21)13(19)11-14(20)23-12-7-5-4-6-8-12/h12-13H,4-11H2,1-3H3,(H,18,21). The lowest BCUT2D eigenvalue weighted by Crippen LogP contribution is -2.58. The summed E-state index contributed by atoms with van der Waals surface area (Å²) in [7, 11) is 0. The molecule has 1 aliphatic heterocycles. The van der Waals surface area contributed by atoms with E-state index in [4.69, 9.17) is 9.47 Å². The highest BCUT2D eigenvalue weighted by Crippen LogP contribution is 2.22. The summed E-state index contributed by atoms with van der Waals surface area (Å²) in [5.41, 5.74) is -0.655. The molecule has 2 aliphatic rings. The van der Waals surface area contributed by atoms with E-state index in [1.54, 1.807) is 20.8 Å². The normalized spacial score (nSPS) is 22.7. The lowest BCUT2D eigenvalue weighted by atomic mass is 9.98. The number of esters is 1. The first-order valence-electron chi connectivity index (χ1n) is 8.73. The smallest absolute Gasteiger partial charge is 0.411 e. The van der Waals surface area contributed by atoms with Crippen molar-refractivity contribution in [1.82, 2.24) is 10.2 Å². The molecule has 0 bridgehead atoms. The summed E-state index contributed by atoms with van der Waals surface area (Å²) < 4.78 is 10.8. The molecule has 1 unspecified atom stereocenters. The van der Waals surface area contributed by atoms with Gasteiger partial charge in [0.25, 0.3) is 0 Å². The van der Waals surface area contributed by atoms with E-state index >= 15 is 0 Å². The molecule has 24 heavy (non-hydrogen) atoms. The zero-order valence-electron chi connectivity index (χ0n) is 14.8. The van der Waals surface area contributed by atoms with Crippen molar-refractivity contribution >= 4 is 18.0 Å². The van der Waals surface area contributed by atoms with Crippen LogP contribution in [0, 0.1) is 0 Å². The number of ether oxygens (including phenoxy) is 2.